The molecule has 0 saturated carbocycles. The van der Waals surface area contributed by atoms with Crippen molar-refractivity contribution in [1.82, 2.24) is 9.88 Å². The Balaban J connectivity index is 0.000000295. The summed E-state index contributed by atoms with van der Waals surface area (Å²) in [6.45, 7) is 1.84. The van der Waals surface area contributed by atoms with E-state index in [4.69, 9.17) is 9.47 Å². The SMILES string of the molecule is COCCN(C)C.COc1ccc2c(C(=O)C=O)c[nH]c2c1. The second-order valence-electron chi connectivity index (χ2n) is 4.89. The molecule has 1 N–H and O–H groups in total. The predicted octanol–water partition coefficient (Wildman–Crippen LogP) is 1.75. The first-order chi connectivity index (χ1) is 10.5. The molecule has 0 amide bonds. The Morgan fingerprint density at radius 3 is 2.55 bits per heavy atom. The quantitative estimate of drug-likeness (QED) is 0.500. The smallest absolute Gasteiger partial charge is 0.227 e. The first kappa shape index (κ1) is 17.9. The molecule has 0 aliphatic rings. The molecule has 2 aromatic rings. The second kappa shape index (κ2) is 8.96. The van der Waals surface area contributed by atoms with E-state index in [2.05, 4.69) is 9.88 Å². The number of aldehydes is 1. The number of methoxy groups -OCH3 is 2. The minimum absolute atomic E-state index is 0.312. The van der Waals surface area contributed by atoms with Crippen LogP contribution in [0.1, 0.15) is 10.4 Å². The lowest BCUT2D eigenvalue weighted by atomic mass is 10.1. The van der Waals surface area contributed by atoms with Crippen LogP contribution in [0.2, 0.25) is 0 Å². The van der Waals surface area contributed by atoms with Crippen molar-refractivity contribution in [2.24, 2.45) is 0 Å². The van der Waals surface area contributed by atoms with Crippen molar-refractivity contribution in [2.75, 3.05) is 41.5 Å². The number of carbonyl (C=O) groups excluding carboxylic acids is 2. The van der Waals surface area contributed by atoms with Gasteiger partial charge in [0.05, 0.1) is 19.3 Å². The maximum atomic E-state index is 11.2. The van der Waals surface area contributed by atoms with Crippen LogP contribution in [0.4, 0.5) is 0 Å². The molecule has 0 radical (unpaired) electrons. The van der Waals surface area contributed by atoms with E-state index in [0.717, 1.165) is 24.1 Å². The van der Waals surface area contributed by atoms with Crippen molar-refractivity contribution in [3.8, 4) is 5.75 Å². The number of ether oxygens (including phenoxy) is 2. The first-order valence-corrected chi connectivity index (χ1v) is 6.81. The van der Waals surface area contributed by atoms with Gasteiger partial charge in [0.15, 0.2) is 6.29 Å². The molecular formula is C16H22N2O4. The molecular weight excluding hydrogens is 284 g/mol. The third-order valence-corrected chi connectivity index (χ3v) is 3.00. The maximum absolute atomic E-state index is 11.2. The largest absolute Gasteiger partial charge is 0.497 e. The molecule has 1 heterocycles. The molecule has 120 valence electrons. The number of benzene rings is 1. The van der Waals surface area contributed by atoms with Gasteiger partial charge in [0, 0.05) is 36.8 Å². The van der Waals surface area contributed by atoms with E-state index in [1.54, 1.807) is 32.4 Å². The van der Waals surface area contributed by atoms with Crippen LogP contribution in [0.25, 0.3) is 10.9 Å². The van der Waals surface area contributed by atoms with Crippen molar-refractivity contribution in [3.05, 3.63) is 30.0 Å². The fourth-order valence-electron chi connectivity index (χ4n) is 1.77. The Hall–Kier alpha value is -2.18. The number of aromatic nitrogens is 1. The highest BCUT2D eigenvalue weighted by atomic mass is 16.5. The van der Waals surface area contributed by atoms with E-state index < -0.39 is 5.78 Å². The van der Waals surface area contributed by atoms with Crippen LogP contribution in [0.15, 0.2) is 24.4 Å². The van der Waals surface area contributed by atoms with E-state index in [1.807, 2.05) is 14.1 Å². The van der Waals surface area contributed by atoms with Gasteiger partial charge in [-0.05, 0) is 26.2 Å². The third kappa shape index (κ3) is 4.98. The second-order valence-corrected chi connectivity index (χ2v) is 4.89. The average Bonchev–Trinajstić information content (AvgIpc) is 2.95. The molecule has 2 rings (SSSR count). The van der Waals surface area contributed by atoms with Crippen LogP contribution in [0, 0.1) is 0 Å². The molecule has 0 atom stereocenters. The number of nitrogens with one attached hydrogen (secondary N) is 1. The number of hydrogen-bond donors (Lipinski definition) is 1. The molecule has 1 aromatic carbocycles. The lowest BCUT2D eigenvalue weighted by Crippen LogP contribution is -2.16. The van der Waals surface area contributed by atoms with E-state index in [0.29, 0.717) is 17.6 Å². The van der Waals surface area contributed by atoms with Gasteiger partial charge in [-0.3, -0.25) is 9.59 Å². The zero-order valence-corrected chi connectivity index (χ0v) is 13.4. The highest BCUT2D eigenvalue weighted by molar-refractivity contribution is 6.36. The summed E-state index contributed by atoms with van der Waals surface area (Å²) in [4.78, 5) is 26.6. The first-order valence-electron chi connectivity index (χ1n) is 6.81. The minimum Gasteiger partial charge on any atom is -0.497 e. The van der Waals surface area contributed by atoms with Gasteiger partial charge in [0.25, 0.3) is 0 Å². The summed E-state index contributed by atoms with van der Waals surface area (Å²) in [6.07, 6.45) is 1.84. The Morgan fingerprint density at radius 1 is 1.32 bits per heavy atom. The predicted molar refractivity (Wildman–Crippen MR) is 85.7 cm³/mol. The van der Waals surface area contributed by atoms with Gasteiger partial charge >= 0.3 is 0 Å². The van der Waals surface area contributed by atoms with Gasteiger partial charge in [0.2, 0.25) is 5.78 Å². The molecule has 0 unspecified atom stereocenters. The summed E-state index contributed by atoms with van der Waals surface area (Å²) in [6, 6.07) is 5.27. The fraction of sp³-hybridized carbons (Fsp3) is 0.375. The van der Waals surface area contributed by atoms with Crippen molar-refractivity contribution in [2.45, 2.75) is 0 Å². The van der Waals surface area contributed by atoms with Gasteiger partial charge in [-0.1, -0.05) is 0 Å². The Morgan fingerprint density at radius 2 is 2.05 bits per heavy atom. The van der Waals surface area contributed by atoms with Crippen molar-refractivity contribution < 1.29 is 19.1 Å². The van der Waals surface area contributed by atoms with Crippen LogP contribution in [-0.2, 0) is 9.53 Å². The van der Waals surface area contributed by atoms with Gasteiger partial charge < -0.3 is 19.4 Å². The van der Waals surface area contributed by atoms with Gasteiger partial charge in [-0.2, -0.15) is 0 Å². The number of aromatic amines is 1. The number of Topliss-reactive ketones (excluding diaryl/α,β-unsaturated/α-hetero) is 1. The number of hydrogen-bond acceptors (Lipinski definition) is 5. The molecule has 0 spiro atoms. The monoisotopic (exact) mass is 306 g/mol. The minimum atomic E-state index is -0.522. The standard InChI is InChI=1S/C11H9NO3.C5H13NO/c1-15-7-2-3-8-9(11(14)6-13)5-12-10(8)4-7;1-6(2)4-5-7-3/h2-6,12H,1H3;4-5H2,1-3H3. The number of rotatable bonds is 6. The molecule has 1 aromatic heterocycles. The van der Waals surface area contributed by atoms with Crippen LogP contribution < -0.4 is 4.74 Å². The van der Waals surface area contributed by atoms with Crippen LogP contribution >= 0.6 is 0 Å². The maximum Gasteiger partial charge on any atom is 0.227 e. The van der Waals surface area contributed by atoms with Crippen molar-refractivity contribution in [1.29, 1.82) is 0 Å². The van der Waals surface area contributed by atoms with Crippen LogP contribution in [0.5, 0.6) is 5.75 Å². The van der Waals surface area contributed by atoms with E-state index in [9.17, 15) is 9.59 Å². The van der Waals surface area contributed by atoms with Gasteiger partial charge in [0.1, 0.15) is 5.75 Å². The number of ketones is 1. The summed E-state index contributed by atoms with van der Waals surface area (Å²) in [5.41, 5.74) is 1.17. The van der Waals surface area contributed by atoms with Crippen LogP contribution in [0.3, 0.4) is 0 Å². The molecule has 0 aliphatic heterocycles. The zero-order valence-electron chi connectivity index (χ0n) is 13.4. The number of H-pyrrole nitrogens is 1. The fourth-order valence-corrected chi connectivity index (χ4v) is 1.77. The molecule has 0 bridgehead atoms. The van der Waals surface area contributed by atoms with E-state index >= 15 is 0 Å². The Bertz CT molecular complexity index is 620. The lowest BCUT2D eigenvalue weighted by molar-refractivity contribution is -0.104. The molecule has 6 nitrogen and oxygen atoms in total. The molecule has 22 heavy (non-hydrogen) atoms. The number of likely N-dealkylation sites (N-methyl/N-ethyl adjacent to an activating group) is 1. The Kier molecular flexibility index (Phi) is 7.28. The van der Waals surface area contributed by atoms with E-state index in [-0.39, 0.29) is 0 Å². The summed E-state index contributed by atoms with van der Waals surface area (Å²) in [7, 11) is 7.34. The number of fused-ring (bicyclic) bond motifs is 1. The zero-order chi connectivity index (χ0) is 16.5. The summed E-state index contributed by atoms with van der Waals surface area (Å²) >= 11 is 0. The Labute approximate surface area is 130 Å². The molecule has 6 heteroatoms. The summed E-state index contributed by atoms with van der Waals surface area (Å²) in [5.74, 6) is 0.181. The van der Waals surface area contributed by atoms with Gasteiger partial charge in [-0.25, -0.2) is 0 Å². The average molecular weight is 306 g/mol. The third-order valence-electron chi connectivity index (χ3n) is 3.00. The highest BCUT2D eigenvalue weighted by Crippen LogP contribution is 2.23. The van der Waals surface area contributed by atoms with Crippen molar-refractivity contribution in [3.63, 3.8) is 0 Å². The van der Waals surface area contributed by atoms with Crippen LogP contribution in [-0.4, -0.2) is 63.4 Å². The molecule has 0 saturated heterocycles. The highest BCUT2D eigenvalue weighted by Gasteiger charge is 2.10. The van der Waals surface area contributed by atoms with E-state index in [1.165, 1.54) is 6.20 Å². The van der Waals surface area contributed by atoms with Crippen molar-refractivity contribution >= 4 is 23.0 Å². The summed E-state index contributed by atoms with van der Waals surface area (Å²) in [5, 5.41) is 0.730. The van der Waals surface area contributed by atoms with Gasteiger partial charge in [-0.15, -0.1) is 0 Å². The number of nitrogens with zero attached hydrogens (tertiary/aromatic N) is 1. The summed E-state index contributed by atoms with van der Waals surface area (Å²) < 4.78 is 9.85. The number of carbonyl (C=O) groups is 2. The molecule has 0 aliphatic carbocycles. The topological polar surface area (TPSA) is 71.6 Å². The normalized spacial score (nSPS) is 10.2. The lowest BCUT2D eigenvalue weighted by Gasteiger charge is -2.06. The molecule has 0 fully saturated rings.